The molecule has 1 aliphatic rings. The monoisotopic (exact) mass is 467 g/mol. The van der Waals surface area contributed by atoms with Gasteiger partial charge in [-0.1, -0.05) is 11.6 Å². The number of amides is 1. The van der Waals surface area contributed by atoms with Gasteiger partial charge in [-0.25, -0.2) is 13.5 Å². The second-order valence-electron chi connectivity index (χ2n) is 6.24. The number of hydrogen-bond donors (Lipinski definition) is 2. The van der Waals surface area contributed by atoms with Gasteiger partial charge >= 0.3 is 16.2 Å². The molecule has 31 heavy (non-hydrogen) atoms. The summed E-state index contributed by atoms with van der Waals surface area (Å²) in [6.45, 7) is -0.531. The highest BCUT2D eigenvalue weighted by atomic mass is 35.5. The van der Waals surface area contributed by atoms with Gasteiger partial charge in [0, 0.05) is 18.3 Å². The standard InChI is InChI=1S/C19H15ClFN3O6S/c1-24-17(19(27)22-12-4-7-15(21)14(20)8-12)9-16(23-31(24,28)29)11-2-5-13(6-3-11)30-10-18(25)26/h2-9H,10H2,1H3,(H,22,27)(H,25,26). The van der Waals surface area contributed by atoms with Gasteiger partial charge in [-0.2, -0.15) is 8.42 Å². The van der Waals surface area contributed by atoms with Crippen molar-refractivity contribution in [2.24, 2.45) is 4.40 Å². The minimum Gasteiger partial charge on any atom is -0.482 e. The quantitative estimate of drug-likeness (QED) is 0.672. The molecule has 0 spiro atoms. The van der Waals surface area contributed by atoms with Crippen LogP contribution in [0.25, 0.3) is 0 Å². The van der Waals surface area contributed by atoms with Gasteiger partial charge in [0.15, 0.2) is 6.61 Å². The van der Waals surface area contributed by atoms with Crippen LogP contribution >= 0.6 is 11.6 Å². The van der Waals surface area contributed by atoms with E-state index in [-0.39, 0.29) is 27.9 Å². The van der Waals surface area contributed by atoms with E-state index in [1.165, 1.54) is 49.5 Å². The van der Waals surface area contributed by atoms with E-state index in [1.54, 1.807) is 0 Å². The van der Waals surface area contributed by atoms with E-state index in [1.807, 2.05) is 0 Å². The molecule has 0 atom stereocenters. The van der Waals surface area contributed by atoms with Crippen LogP contribution in [-0.2, 0) is 19.8 Å². The number of halogens is 2. The van der Waals surface area contributed by atoms with Gasteiger partial charge in [0.1, 0.15) is 17.3 Å². The summed E-state index contributed by atoms with van der Waals surface area (Å²) in [6, 6.07) is 9.37. The fourth-order valence-corrected chi connectivity index (χ4v) is 3.63. The van der Waals surface area contributed by atoms with Crippen molar-refractivity contribution >= 4 is 45.1 Å². The molecule has 0 saturated carbocycles. The summed E-state index contributed by atoms with van der Waals surface area (Å²) in [4.78, 5) is 23.3. The number of hydrogen-bond acceptors (Lipinski definition) is 5. The van der Waals surface area contributed by atoms with Crippen LogP contribution in [0.15, 0.2) is 58.6 Å². The molecule has 1 heterocycles. The van der Waals surface area contributed by atoms with Crippen LogP contribution in [-0.4, -0.2) is 49.1 Å². The summed E-state index contributed by atoms with van der Waals surface area (Å²) < 4.78 is 47.6. The summed E-state index contributed by atoms with van der Waals surface area (Å²) in [5.74, 6) is -2.32. The fourth-order valence-electron chi connectivity index (χ4n) is 2.54. The molecular weight excluding hydrogens is 453 g/mol. The lowest BCUT2D eigenvalue weighted by Gasteiger charge is -2.23. The lowest BCUT2D eigenvalue weighted by molar-refractivity contribution is -0.139. The van der Waals surface area contributed by atoms with Crippen LogP contribution in [0.3, 0.4) is 0 Å². The van der Waals surface area contributed by atoms with Crippen LogP contribution in [0.4, 0.5) is 10.1 Å². The SMILES string of the molecule is CN1C(C(=O)Nc2ccc(F)c(Cl)c2)=CC(c2ccc(OCC(=O)O)cc2)=NS1(=O)=O. The maximum atomic E-state index is 13.3. The van der Waals surface area contributed by atoms with Crippen molar-refractivity contribution in [2.75, 3.05) is 19.0 Å². The minimum atomic E-state index is -4.19. The largest absolute Gasteiger partial charge is 0.482 e. The van der Waals surface area contributed by atoms with E-state index < -0.39 is 34.5 Å². The molecule has 0 radical (unpaired) electrons. The van der Waals surface area contributed by atoms with Crippen molar-refractivity contribution < 1.29 is 32.2 Å². The number of nitrogens with one attached hydrogen (secondary N) is 1. The number of ether oxygens (including phenoxy) is 1. The van der Waals surface area contributed by atoms with E-state index in [0.717, 1.165) is 6.07 Å². The number of anilines is 1. The molecule has 2 aromatic carbocycles. The molecule has 1 amide bonds. The summed E-state index contributed by atoms with van der Waals surface area (Å²) in [5.41, 5.74) is 0.295. The van der Waals surface area contributed by atoms with E-state index in [2.05, 4.69) is 9.71 Å². The first-order valence-corrected chi connectivity index (χ1v) is 10.4. The third kappa shape index (κ3) is 5.19. The zero-order chi connectivity index (χ0) is 22.8. The van der Waals surface area contributed by atoms with Crippen LogP contribution in [0, 0.1) is 5.82 Å². The van der Waals surface area contributed by atoms with Crippen molar-refractivity contribution in [3.63, 3.8) is 0 Å². The maximum absolute atomic E-state index is 13.3. The minimum absolute atomic E-state index is 0.00910. The first-order valence-electron chi connectivity index (χ1n) is 8.59. The molecule has 0 aliphatic carbocycles. The molecule has 162 valence electrons. The van der Waals surface area contributed by atoms with Crippen molar-refractivity contribution in [3.8, 4) is 5.75 Å². The number of rotatable bonds is 6. The van der Waals surface area contributed by atoms with E-state index >= 15 is 0 Å². The zero-order valence-corrected chi connectivity index (χ0v) is 17.4. The molecule has 0 saturated heterocycles. The Kier molecular flexibility index (Phi) is 6.27. The van der Waals surface area contributed by atoms with Crippen LogP contribution < -0.4 is 10.1 Å². The lowest BCUT2D eigenvalue weighted by atomic mass is 10.1. The highest BCUT2D eigenvalue weighted by molar-refractivity contribution is 7.88. The fraction of sp³-hybridized carbons (Fsp3) is 0.105. The molecular formula is C19H15ClFN3O6S. The van der Waals surface area contributed by atoms with E-state index in [4.69, 9.17) is 21.4 Å². The van der Waals surface area contributed by atoms with Gasteiger partial charge in [-0.3, -0.25) is 4.79 Å². The molecule has 2 N–H and O–H groups in total. The first kappa shape index (κ1) is 22.2. The van der Waals surface area contributed by atoms with E-state index in [9.17, 15) is 22.4 Å². The molecule has 1 aliphatic heterocycles. The Bertz CT molecular complexity index is 1210. The number of carboxylic acids is 1. The average Bonchev–Trinajstić information content (AvgIpc) is 2.71. The molecule has 12 heteroatoms. The Labute approximate surface area is 181 Å². The number of allylic oxidation sites excluding steroid dienone is 1. The third-order valence-corrected chi connectivity index (χ3v) is 5.70. The van der Waals surface area contributed by atoms with Gasteiger partial charge in [-0.05, 0) is 48.5 Å². The summed E-state index contributed by atoms with van der Waals surface area (Å²) >= 11 is 5.70. The van der Waals surface area contributed by atoms with Crippen LogP contribution in [0.2, 0.25) is 5.02 Å². The first-order chi connectivity index (χ1) is 14.6. The van der Waals surface area contributed by atoms with Crippen LogP contribution in [0.1, 0.15) is 5.56 Å². The smallest absolute Gasteiger partial charge is 0.345 e. The highest BCUT2D eigenvalue weighted by Gasteiger charge is 2.30. The number of carboxylic acid groups (broad SMARTS) is 1. The Balaban J connectivity index is 1.88. The van der Waals surface area contributed by atoms with Crippen molar-refractivity contribution in [1.29, 1.82) is 0 Å². The van der Waals surface area contributed by atoms with Crippen molar-refractivity contribution in [3.05, 3.63) is 70.6 Å². The second kappa shape index (κ2) is 8.74. The molecule has 9 nitrogen and oxygen atoms in total. The summed E-state index contributed by atoms with van der Waals surface area (Å²) in [7, 11) is -3.03. The van der Waals surface area contributed by atoms with Gasteiger partial charge < -0.3 is 15.2 Å². The normalized spacial score (nSPS) is 15.0. The zero-order valence-electron chi connectivity index (χ0n) is 15.9. The van der Waals surface area contributed by atoms with Gasteiger partial charge in [0.25, 0.3) is 5.91 Å². The predicted molar refractivity (Wildman–Crippen MR) is 111 cm³/mol. The van der Waals surface area contributed by atoms with Crippen molar-refractivity contribution in [1.82, 2.24) is 4.31 Å². The highest BCUT2D eigenvalue weighted by Crippen LogP contribution is 2.24. The topological polar surface area (TPSA) is 125 Å². The average molecular weight is 468 g/mol. The number of nitrogens with zero attached hydrogens (tertiary/aromatic N) is 2. The van der Waals surface area contributed by atoms with Gasteiger partial charge in [0.05, 0.1) is 10.7 Å². The predicted octanol–water partition coefficient (Wildman–Crippen LogP) is 2.44. The molecule has 2 aromatic rings. The number of likely N-dealkylation sites (N-methyl/N-ethyl adjacent to an activating group) is 1. The number of benzene rings is 2. The molecule has 0 aromatic heterocycles. The molecule has 0 bridgehead atoms. The van der Waals surface area contributed by atoms with Crippen molar-refractivity contribution in [2.45, 2.75) is 0 Å². The maximum Gasteiger partial charge on any atom is 0.345 e. The third-order valence-electron chi connectivity index (χ3n) is 4.09. The Morgan fingerprint density at radius 2 is 1.90 bits per heavy atom. The summed E-state index contributed by atoms with van der Waals surface area (Å²) in [6.07, 6.45) is 1.27. The molecule has 3 rings (SSSR count). The van der Waals surface area contributed by atoms with E-state index in [0.29, 0.717) is 9.87 Å². The number of aliphatic carboxylic acids is 1. The second-order valence-corrected chi connectivity index (χ2v) is 8.27. The Hall–Kier alpha value is -3.44. The van der Waals surface area contributed by atoms with Gasteiger partial charge in [-0.15, -0.1) is 4.40 Å². The lowest BCUT2D eigenvalue weighted by Crippen LogP contribution is -2.35. The molecule has 0 unspecified atom stereocenters. The van der Waals surface area contributed by atoms with Gasteiger partial charge in [0.2, 0.25) is 0 Å². The Morgan fingerprint density at radius 3 is 2.52 bits per heavy atom. The summed E-state index contributed by atoms with van der Waals surface area (Å²) in [5, 5.41) is 10.9. The number of carbonyl (C=O) groups is 2. The van der Waals surface area contributed by atoms with Crippen LogP contribution in [0.5, 0.6) is 5.75 Å². The molecule has 0 fully saturated rings. The number of carbonyl (C=O) groups excluding carboxylic acids is 1. The Morgan fingerprint density at radius 1 is 1.23 bits per heavy atom.